The second kappa shape index (κ2) is 15.9. The molecule has 298 valence electrons. The number of carbonyl (C=O) groups is 4. The summed E-state index contributed by atoms with van der Waals surface area (Å²) in [5.74, 6) is -4.67. The third kappa shape index (κ3) is 6.99. The molecule has 13 heteroatoms. The van der Waals surface area contributed by atoms with Crippen molar-refractivity contribution >= 4 is 70.2 Å². The Balaban J connectivity index is 0.00000514. The summed E-state index contributed by atoms with van der Waals surface area (Å²) in [6.07, 6.45) is 6.91. The predicted octanol–water partition coefficient (Wildman–Crippen LogP) is 10.1. The van der Waals surface area contributed by atoms with Gasteiger partial charge >= 0.3 is 23.9 Å². The summed E-state index contributed by atoms with van der Waals surface area (Å²) in [7, 11) is 0. The Labute approximate surface area is 356 Å². The average Bonchev–Trinajstić information content (AvgIpc) is 4.09. The van der Waals surface area contributed by atoms with Gasteiger partial charge in [0.15, 0.2) is 0 Å². The van der Waals surface area contributed by atoms with Crippen LogP contribution in [0.1, 0.15) is 64.2 Å². The van der Waals surface area contributed by atoms with Gasteiger partial charge in [-0.05, 0) is 72.8 Å². The SMILES string of the molecule is O=C(O)c1ccccc1-c1c2nc(c(-c3ccccc3C(=O)O)c3ccc([nH]3)c(-c3ccccc3C(=O)O)c3nc(c(-c4ccccc4C(=O)O)c4ccc1[nH]4)C=C3)C=C2.[Fe]. The maximum Gasteiger partial charge on any atom is 0.336 e. The number of fused-ring (bicyclic) bond motifs is 8. The second-order valence-corrected chi connectivity index (χ2v) is 13.9. The van der Waals surface area contributed by atoms with E-state index in [2.05, 4.69) is 9.97 Å². The number of rotatable bonds is 8. The van der Waals surface area contributed by atoms with Crippen molar-refractivity contribution in [2.24, 2.45) is 0 Å². The Bertz CT molecular complexity index is 2830. The molecule has 0 unspecified atom stereocenters. The molecule has 7 aromatic rings. The van der Waals surface area contributed by atoms with Crippen LogP contribution in [0.4, 0.5) is 0 Å². The van der Waals surface area contributed by atoms with E-state index in [1.165, 1.54) is 24.3 Å². The largest absolute Gasteiger partial charge is 0.478 e. The van der Waals surface area contributed by atoms with Crippen LogP contribution in [-0.4, -0.2) is 64.2 Å². The summed E-state index contributed by atoms with van der Waals surface area (Å²) in [6.45, 7) is 0. The van der Waals surface area contributed by atoms with Gasteiger partial charge in [0.1, 0.15) is 0 Å². The van der Waals surface area contributed by atoms with Crippen LogP contribution in [0.3, 0.4) is 0 Å². The van der Waals surface area contributed by atoms with E-state index >= 15 is 0 Å². The van der Waals surface area contributed by atoms with Crippen molar-refractivity contribution in [1.29, 1.82) is 0 Å². The van der Waals surface area contributed by atoms with Crippen molar-refractivity contribution < 1.29 is 56.7 Å². The van der Waals surface area contributed by atoms with E-state index in [9.17, 15) is 39.6 Å². The zero-order chi connectivity index (χ0) is 41.7. The molecule has 0 spiro atoms. The molecule has 0 aliphatic carbocycles. The molecule has 0 radical (unpaired) electrons. The fourth-order valence-electron chi connectivity index (χ4n) is 7.89. The number of carboxylic acids is 4. The van der Waals surface area contributed by atoms with Crippen LogP contribution in [0.25, 0.3) is 90.9 Å². The maximum absolute atomic E-state index is 12.7. The third-order valence-electron chi connectivity index (χ3n) is 10.5. The average molecular weight is 847 g/mol. The Morgan fingerprint density at radius 1 is 0.344 bits per heavy atom. The van der Waals surface area contributed by atoms with Gasteiger partial charge in [-0.3, -0.25) is 0 Å². The Hall–Kier alpha value is -8.12. The van der Waals surface area contributed by atoms with Crippen LogP contribution in [-0.2, 0) is 17.1 Å². The van der Waals surface area contributed by atoms with Gasteiger partial charge in [-0.15, -0.1) is 0 Å². The number of H-pyrrole nitrogens is 2. The number of nitrogens with zero attached hydrogens (tertiary/aromatic N) is 2. The van der Waals surface area contributed by atoms with Crippen molar-refractivity contribution in [2.45, 2.75) is 0 Å². The monoisotopic (exact) mass is 846 g/mol. The number of benzene rings is 4. The molecule has 0 atom stereocenters. The Morgan fingerprint density at radius 3 is 0.770 bits per heavy atom. The van der Waals surface area contributed by atoms with E-state index in [1.54, 1.807) is 121 Å². The first-order valence-corrected chi connectivity index (χ1v) is 18.6. The third-order valence-corrected chi connectivity index (χ3v) is 10.5. The van der Waals surface area contributed by atoms with Crippen molar-refractivity contribution in [2.75, 3.05) is 0 Å². The smallest absolute Gasteiger partial charge is 0.336 e. The van der Waals surface area contributed by atoms with Gasteiger partial charge in [-0.1, -0.05) is 72.8 Å². The van der Waals surface area contributed by atoms with Gasteiger partial charge in [-0.2, -0.15) is 0 Å². The fourth-order valence-corrected chi connectivity index (χ4v) is 7.89. The summed E-state index contributed by atoms with van der Waals surface area (Å²) in [5.41, 5.74) is 6.29. The predicted molar refractivity (Wildman–Crippen MR) is 228 cm³/mol. The summed E-state index contributed by atoms with van der Waals surface area (Å²) in [4.78, 5) is 67.9. The van der Waals surface area contributed by atoms with E-state index in [0.717, 1.165) is 0 Å². The van der Waals surface area contributed by atoms with Crippen LogP contribution in [0.2, 0.25) is 0 Å². The summed E-state index contributed by atoms with van der Waals surface area (Å²) >= 11 is 0. The quantitative estimate of drug-likeness (QED) is 0.0798. The second-order valence-electron chi connectivity index (χ2n) is 13.9. The molecule has 0 fully saturated rings. The van der Waals surface area contributed by atoms with E-state index < -0.39 is 23.9 Å². The van der Waals surface area contributed by atoms with Crippen molar-refractivity contribution in [1.82, 2.24) is 19.9 Å². The molecular weight excluding hydrogens is 816 g/mol. The van der Waals surface area contributed by atoms with E-state index in [1.807, 2.05) is 0 Å². The molecule has 0 saturated carbocycles. The van der Waals surface area contributed by atoms with Gasteiger partial charge in [0, 0.05) is 83.6 Å². The molecule has 12 nitrogen and oxygen atoms in total. The number of aromatic nitrogens is 4. The molecule has 9 rings (SSSR count). The van der Waals surface area contributed by atoms with E-state index in [4.69, 9.17) is 9.97 Å². The minimum Gasteiger partial charge on any atom is -0.478 e. The first kappa shape index (κ1) is 39.7. The molecule has 2 aliphatic heterocycles. The van der Waals surface area contributed by atoms with Crippen molar-refractivity contribution in [3.05, 3.63) is 166 Å². The van der Waals surface area contributed by atoms with Crippen molar-refractivity contribution in [3.63, 3.8) is 0 Å². The van der Waals surface area contributed by atoms with Crippen LogP contribution in [0.15, 0.2) is 121 Å². The number of aromatic amines is 2. The minimum absolute atomic E-state index is 0. The molecule has 61 heavy (non-hydrogen) atoms. The number of nitrogens with one attached hydrogen (secondary N) is 2. The molecule has 0 amide bonds. The van der Waals surface area contributed by atoms with E-state index in [-0.39, 0.29) is 39.3 Å². The summed E-state index contributed by atoms with van der Waals surface area (Å²) in [5, 5.41) is 41.5. The fraction of sp³-hybridized carbons (Fsp3) is 0. The zero-order valence-corrected chi connectivity index (χ0v) is 32.6. The summed E-state index contributed by atoms with van der Waals surface area (Å²) in [6, 6.07) is 33.1. The van der Waals surface area contributed by atoms with Gasteiger partial charge in [-0.25, -0.2) is 29.1 Å². The molecule has 6 N–H and O–H groups in total. The van der Waals surface area contributed by atoms with Gasteiger partial charge in [0.05, 0.1) is 45.0 Å². The van der Waals surface area contributed by atoms with Crippen LogP contribution >= 0.6 is 0 Å². The molecule has 5 heterocycles. The topological polar surface area (TPSA) is 207 Å². The maximum atomic E-state index is 12.7. The Kier molecular flexibility index (Phi) is 10.4. The van der Waals surface area contributed by atoms with Gasteiger partial charge in [0.2, 0.25) is 0 Å². The molecule has 8 bridgehead atoms. The van der Waals surface area contributed by atoms with Gasteiger partial charge in [0.25, 0.3) is 0 Å². The molecule has 2 aliphatic rings. The minimum atomic E-state index is -1.17. The number of hydrogen-bond donors (Lipinski definition) is 6. The van der Waals surface area contributed by atoms with Gasteiger partial charge < -0.3 is 30.4 Å². The molecular formula is C48H30FeN4O8. The molecule has 3 aromatic heterocycles. The number of aromatic carboxylic acids is 4. The van der Waals surface area contributed by atoms with Crippen LogP contribution in [0.5, 0.6) is 0 Å². The Morgan fingerprint density at radius 2 is 0.557 bits per heavy atom. The van der Waals surface area contributed by atoms with E-state index in [0.29, 0.717) is 89.4 Å². The molecule has 4 aromatic carbocycles. The first-order valence-electron chi connectivity index (χ1n) is 18.6. The van der Waals surface area contributed by atoms with Crippen LogP contribution in [0, 0.1) is 0 Å². The molecule has 0 saturated heterocycles. The zero-order valence-electron chi connectivity index (χ0n) is 31.5. The normalized spacial score (nSPS) is 11.5. The first-order chi connectivity index (χ1) is 29.1. The van der Waals surface area contributed by atoms with Crippen molar-refractivity contribution in [3.8, 4) is 44.5 Å². The standard InChI is InChI=1S/C48H30N4O8.Fe/c53-45(54)29-13-5-1-9-25(29)41-33-17-19-35(49-33)42(26-10-2-6-14-30(26)46(55)56)37-21-23-39(51-37)44(28-12-4-8-16-32(28)48(59)60)40-24-22-38(52-40)43(36-20-18-34(41)50-36)27-11-3-7-15-31(27)47(57)58;/h1-24,49,52H,(H,53,54)(H,55,56)(H,57,58)(H,59,60);. The number of hydrogen-bond acceptors (Lipinski definition) is 6. The number of carboxylic acid groups (broad SMARTS) is 4. The summed E-state index contributed by atoms with van der Waals surface area (Å²) < 4.78 is 0. The van der Waals surface area contributed by atoms with Crippen LogP contribution < -0.4 is 0 Å².